The van der Waals surface area contributed by atoms with Crippen molar-refractivity contribution in [2.75, 3.05) is 4.90 Å². The van der Waals surface area contributed by atoms with Crippen LogP contribution in [0.4, 0.5) is 11.4 Å². The van der Waals surface area contributed by atoms with Gasteiger partial charge in [-0.25, -0.2) is 9.98 Å². The SMILES string of the molecule is N#Cc1cnc2c(c1N(C=O)c1ccc(Oc3ccccc3)cc1)C=C1N=CN=C1C2. The zero-order valence-electron chi connectivity index (χ0n) is 16.3. The Balaban J connectivity index is 1.54. The molecular formula is C24H15N5O2. The Bertz CT molecular complexity index is 1300. The molecule has 0 bridgehead atoms. The first kappa shape index (κ1) is 18.5. The fourth-order valence-corrected chi connectivity index (χ4v) is 3.58. The third-order valence-corrected chi connectivity index (χ3v) is 5.05. The molecule has 0 saturated carbocycles. The smallest absolute Gasteiger partial charge is 0.218 e. The minimum Gasteiger partial charge on any atom is -0.457 e. The maximum Gasteiger partial charge on any atom is 0.218 e. The van der Waals surface area contributed by atoms with Gasteiger partial charge in [0.25, 0.3) is 0 Å². The van der Waals surface area contributed by atoms with Crippen molar-refractivity contribution in [2.45, 2.75) is 6.42 Å². The Labute approximate surface area is 178 Å². The molecule has 2 aliphatic rings. The number of allylic oxidation sites excluding steroid dienone is 1. The van der Waals surface area contributed by atoms with E-state index in [-0.39, 0.29) is 0 Å². The summed E-state index contributed by atoms with van der Waals surface area (Å²) in [6.45, 7) is 0. The van der Waals surface area contributed by atoms with Gasteiger partial charge in [-0.3, -0.25) is 14.7 Å². The number of amides is 1. The molecule has 7 nitrogen and oxygen atoms in total. The maximum absolute atomic E-state index is 12.2. The Morgan fingerprint density at radius 1 is 1.06 bits per heavy atom. The van der Waals surface area contributed by atoms with E-state index in [2.05, 4.69) is 21.0 Å². The van der Waals surface area contributed by atoms with Gasteiger partial charge < -0.3 is 4.74 Å². The molecule has 0 unspecified atom stereocenters. The zero-order valence-corrected chi connectivity index (χ0v) is 16.3. The van der Waals surface area contributed by atoms with Crippen LogP contribution < -0.4 is 9.64 Å². The Morgan fingerprint density at radius 3 is 2.58 bits per heavy atom. The molecule has 148 valence electrons. The maximum atomic E-state index is 12.2. The molecule has 1 amide bonds. The van der Waals surface area contributed by atoms with Gasteiger partial charge in [0.15, 0.2) is 0 Å². The number of anilines is 2. The number of carbonyl (C=O) groups is 1. The number of rotatable bonds is 5. The van der Waals surface area contributed by atoms with E-state index in [9.17, 15) is 10.1 Å². The second kappa shape index (κ2) is 7.69. The van der Waals surface area contributed by atoms with Crippen molar-refractivity contribution in [1.29, 1.82) is 5.26 Å². The number of nitrogens with zero attached hydrogens (tertiary/aromatic N) is 5. The summed E-state index contributed by atoms with van der Waals surface area (Å²) in [5.74, 6) is 1.36. The lowest BCUT2D eigenvalue weighted by atomic mass is 9.95. The molecule has 0 radical (unpaired) electrons. The number of aliphatic imine (C=N–C) groups is 2. The van der Waals surface area contributed by atoms with E-state index < -0.39 is 0 Å². The molecule has 1 aliphatic carbocycles. The van der Waals surface area contributed by atoms with Gasteiger partial charge in [-0.05, 0) is 42.5 Å². The van der Waals surface area contributed by atoms with Crippen LogP contribution in [0, 0.1) is 11.3 Å². The molecule has 2 heterocycles. The predicted molar refractivity (Wildman–Crippen MR) is 118 cm³/mol. The Morgan fingerprint density at radius 2 is 1.84 bits per heavy atom. The lowest BCUT2D eigenvalue weighted by Crippen LogP contribution is -2.20. The van der Waals surface area contributed by atoms with E-state index in [0.29, 0.717) is 41.1 Å². The van der Waals surface area contributed by atoms with E-state index >= 15 is 0 Å². The average molecular weight is 405 g/mol. The molecule has 5 rings (SSSR count). The van der Waals surface area contributed by atoms with Crippen LogP contribution in [0.15, 0.2) is 76.5 Å². The highest BCUT2D eigenvalue weighted by Crippen LogP contribution is 2.37. The van der Waals surface area contributed by atoms with Crippen molar-refractivity contribution < 1.29 is 9.53 Å². The van der Waals surface area contributed by atoms with E-state index in [1.807, 2.05) is 36.4 Å². The number of hydrogen-bond donors (Lipinski definition) is 0. The molecular weight excluding hydrogens is 390 g/mol. The van der Waals surface area contributed by atoms with Crippen LogP contribution in [0.5, 0.6) is 11.5 Å². The van der Waals surface area contributed by atoms with Gasteiger partial charge in [0.05, 0.1) is 28.4 Å². The summed E-state index contributed by atoms with van der Waals surface area (Å²) in [7, 11) is 0. The van der Waals surface area contributed by atoms with E-state index in [4.69, 9.17) is 4.74 Å². The Hall–Kier alpha value is -4.57. The number of fused-ring (bicyclic) bond motifs is 2. The number of aromatic nitrogens is 1. The summed E-state index contributed by atoms with van der Waals surface area (Å²) in [5, 5.41) is 9.68. The molecule has 0 fully saturated rings. The number of pyridine rings is 1. The first-order valence-electron chi connectivity index (χ1n) is 9.57. The fourth-order valence-electron chi connectivity index (χ4n) is 3.58. The standard InChI is InChI=1S/C24H15N5O2/c25-12-16-13-26-21-11-23-22(27-14-28-23)10-20(21)24(16)29(15-30)17-6-8-19(9-7-17)31-18-4-2-1-3-5-18/h1-10,13-15H,11H2. The van der Waals surface area contributed by atoms with Crippen LogP contribution in [-0.4, -0.2) is 23.4 Å². The summed E-state index contributed by atoms with van der Waals surface area (Å²) in [4.78, 5) is 26.5. The van der Waals surface area contributed by atoms with Crippen LogP contribution >= 0.6 is 0 Å². The van der Waals surface area contributed by atoms with E-state index in [1.54, 1.807) is 24.3 Å². The highest BCUT2D eigenvalue weighted by Gasteiger charge is 2.26. The van der Waals surface area contributed by atoms with Gasteiger partial charge in [-0.15, -0.1) is 0 Å². The summed E-state index contributed by atoms with van der Waals surface area (Å²) < 4.78 is 5.83. The molecule has 1 aromatic heterocycles. The van der Waals surface area contributed by atoms with Crippen LogP contribution in [0.2, 0.25) is 0 Å². The molecule has 0 spiro atoms. The summed E-state index contributed by atoms with van der Waals surface area (Å²) >= 11 is 0. The predicted octanol–water partition coefficient (Wildman–Crippen LogP) is 4.42. The van der Waals surface area contributed by atoms with Crippen molar-refractivity contribution in [1.82, 2.24) is 4.98 Å². The van der Waals surface area contributed by atoms with Crippen molar-refractivity contribution in [3.63, 3.8) is 0 Å². The van der Waals surface area contributed by atoms with Crippen molar-refractivity contribution in [2.24, 2.45) is 9.98 Å². The van der Waals surface area contributed by atoms with E-state index in [0.717, 1.165) is 22.9 Å². The highest BCUT2D eigenvalue weighted by atomic mass is 16.5. The molecule has 7 heteroatoms. The number of carbonyl (C=O) groups excluding carboxylic acids is 1. The van der Waals surface area contributed by atoms with Gasteiger partial charge in [0, 0.05) is 23.9 Å². The first-order chi connectivity index (χ1) is 15.3. The first-order valence-corrected chi connectivity index (χ1v) is 9.57. The summed E-state index contributed by atoms with van der Waals surface area (Å²) in [5.41, 5.74) is 4.39. The molecule has 0 saturated heterocycles. The third-order valence-electron chi connectivity index (χ3n) is 5.05. The number of hydrogen-bond acceptors (Lipinski definition) is 6. The number of ether oxygens (including phenoxy) is 1. The number of nitriles is 1. The minimum absolute atomic E-state index is 0.301. The highest BCUT2D eigenvalue weighted by molar-refractivity contribution is 6.14. The summed E-state index contributed by atoms with van der Waals surface area (Å²) in [6, 6.07) is 18.7. The minimum atomic E-state index is 0.301. The van der Waals surface area contributed by atoms with Crippen LogP contribution in [-0.2, 0) is 11.2 Å². The molecule has 1 aliphatic heterocycles. The van der Waals surface area contributed by atoms with Crippen molar-refractivity contribution >= 4 is 35.9 Å². The van der Waals surface area contributed by atoms with Crippen molar-refractivity contribution in [3.05, 3.63) is 83.3 Å². The lowest BCUT2D eigenvalue weighted by Gasteiger charge is -2.24. The van der Waals surface area contributed by atoms with Gasteiger partial charge in [0.1, 0.15) is 23.9 Å². The molecule has 0 atom stereocenters. The lowest BCUT2D eigenvalue weighted by molar-refractivity contribution is -0.106. The fraction of sp³-hybridized carbons (Fsp3) is 0.0417. The molecule has 0 N–H and O–H groups in total. The number of para-hydroxylation sites is 1. The quantitative estimate of drug-likeness (QED) is 0.588. The normalized spacial score (nSPS) is 13.4. The molecule has 3 aromatic rings. The van der Waals surface area contributed by atoms with Crippen molar-refractivity contribution in [3.8, 4) is 17.6 Å². The van der Waals surface area contributed by atoms with Crippen LogP contribution in [0.25, 0.3) is 6.08 Å². The molecule has 31 heavy (non-hydrogen) atoms. The third kappa shape index (κ3) is 3.36. The van der Waals surface area contributed by atoms with Crippen LogP contribution in [0.1, 0.15) is 16.8 Å². The van der Waals surface area contributed by atoms with Gasteiger partial charge in [-0.1, -0.05) is 18.2 Å². The Kier molecular flexibility index (Phi) is 4.58. The number of benzene rings is 2. The van der Waals surface area contributed by atoms with Gasteiger partial charge in [0.2, 0.25) is 6.41 Å². The van der Waals surface area contributed by atoms with Crippen LogP contribution in [0.3, 0.4) is 0 Å². The van der Waals surface area contributed by atoms with E-state index in [1.165, 1.54) is 17.4 Å². The second-order valence-electron chi connectivity index (χ2n) is 6.90. The largest absolute Gasteiger partial charge is 0.457 e. The van der Waals surface area contributed by atoms with Gasteiger partial charge >= 0.3 is 0 Å². The topological polar surface area (TPSA) is 90.9 Å². The average Bonchev–Trinajstić information content (AvgIpc) is 3.27. The second-order valence-corrected chi connectivity index (χ2v) is 6.90. The monoisotopic (exact) mass is 405 g/mol. The summed E-state index contributed by atoms with van der Waals surface area (Å²) in [6.07, 6.45) is 6.02. The van der Waals surface area contributed by atoms with Gasteiger partial charge in [-0.2, -0.15) is 5.26 Å². The zero-order chi connectivity index (χ0) is 21.2. The molecule has 2 aromatic carbocycles.